The molecule has 2 aliphatic carbocycles. The van der Waals surface area contributed by atoms with Crippen molar-refractivity contribution >= 4 is 0 Å². The van der Waals surface area contributed by atoms with Crippen LogP contribution in [0.25, 0.3) is 0 Å². The van der Waals surface area contributed by atoms with Gasteiger partial charge in [-0.2, -0.15) is 0 Å². The molecule has 2 saturated carbocycles. The highest BCUT2D eigenvalue weighted by Gasteiger charge is 2.25. The fourth-order valence-corrected chi connectivity index (χ4v) is 3.54. The Morgan fingerprint density at radius 2 is 1.76 bits per heavy atom. The van der Waals surface area contributed by atoms with E-state index in [9.17, 15) is 0 Å². The lowest BCUT2D eigenvalue weighted by Crippen LogP contribution is -2.45. The number of likely N-dealkylation sites (N-methyl/N-ethyl adjacent to an activating group) is 2. The molecule has 2 nitrogen and oxygen atoms in total. The summed E-state index contributed by atoms with van der Waals surface area (Å²) in [5, 5.41) is 3.57. The van der Waals surface area contributed by atoms with Crippen molar-refractivity contribution in [3.05, 3.63) is 0 Å². The van der Waals surface area contributed by atoms with Gasteiger partial charge in [-0.15, -0.1) is 0 Å². The molecule has 0 aromatic rings. The van der Waals surface area contributed by atoms with E-state index >= 15 is 0 Å². The van der Waals surface area contributed by atoms with Crippen molar-refractivity contribution in [1.29, 1.82) is 0 Å². The zero-order valence-corrected chi connectivity index (χ0v) is 11.8. The largest absolute Gasteiger partial charge is 0.315 e. The maximum atomic E-state index is 3.57. The van der Waals surface area contributed by atoms with Gasteiger partial charge in [-0.1, -0.05) is 25.7 Å². The zero-order chi connectivity index (χ0) is 12.1. The third kappa shape index (κ3) is 3.96. The summed E-state index contributed by atoms with van der Waals surface area (Å²) in [5.41, 5.74) is 0. The molecule has 1 N–H and O–H groups in total. The van der Waals surface area contributed by atoms with E-state index in [1.807, 2.05) is 0 Å². The predicted octanol–water partition coefficient (Wildman–Crippen LogP) is 2.89. The van der Waals surface area contributed by atoms with E-state index in [1.165, 1.54) is 64.5 Å². The number of nitrogens with one attached hydrogen (secondary N) is 1. The van der Waals surface area contributed by atoms with Crippen LogP contribution in [-0.2, 0) is 0 Å². The van der Waals surface area contributed by atoms with Crippen LogP contribution in [0.15, 0.2) is 0 Å². The second-order valence-electron chi connectivity index (χ2n) is 6.31. The van der Waals surface area contributed by atoms with Crippen LogP contribution in [0.1, 0.15) is 51.4 Å². The van der Waals surface area contributed by atoms with E-state index < -0.39 is 0 Å². The summed E-state index contributed by atoms with van der Waals surface area (Å²) in [6.45, 7) is 2.57. The Morgan fingerprint density at radius 3 is 2.29 bits per heavy atom. The summed E-state index contributed by atoms with van der Waals surface area (Å²) < 4.78 is 0. The summed E-state index contributed by atoms with van der Waals surface area (Å²) in [6, 6.07) is 0.723. The molecule has 0 aliphatic heterocycles. The van der Waals surface area contributed by atoms with Crippen molar-refractivity contribution in [3.63, 3.8) is 0 Å². The highest BCUT2D eigenvalue weighted by molar-refractivity contribution is 4.82. The molecular weight excluding hydrogens is 208 g/mol. The number of hydrogen-bond acceptors (Lipinski definition) is 2. The third-order valence-electron chi connectivity index (χ3n) is 4.89. The topological polar surface area (TPSA) is 15.3 Å². The molecule has 0 aromatic carbocycles. The summed E-state index contributed by atoms with van der Waals surface area (Å²) in [5.74, 6) is 1.93. The Bertz CT molecular complexity index is 207. The Balaban J connectivity index is 1.72. The number of rotatable bonds is 6. The molecule has 0 aromatic heterocycles. The average Bonchev–Trinajstić information content (AvgIpc) is 2.32. The Hall–Kier alpha value is -0.0800. The molecule has 2 heteroatoms. The Kier molecular flexibility index (Phi) is 5.30. The van der Waals surface area contributed by atoms with Gasteiger partial charge in [0.05, 0.1) is 0 Å². The first-order valence-electron chi connectivity index (χ1n) is 7.65. The predicted molar refractivity (Wildman–Crippen MR) is 74.3 cm³/mol. The van der Waals surface area contributed by atoms with Crippen LogP contribution < -0.4 is 5.32 Å². The molecule has 2 rings (SSSR count). The normalized spacial score (nSPS) is 24.9. The molecule has 0 saturated heterocycles. The minimum atomic E-state index is 0.723. The Labute approximate surface area is 107 Å². The van der Waals surface area contributed by atoms with Crippen LogP contribution in [0, 0.1) is 11.8 Å². The molecule has 1 atom stereocenters. The fraction of sp³-hybridized carbons (Fsp3) is 1.00. The first-order valence-corrected chi connectivity index (χ1v) is 7.65. The molecule has 2 aliphatic rings. The third-order valence-corrected chi connectivity index (χ3v) is 4.89. The van der Waals surface area contributed by atoms with Gasteiger partial charge < -0.3 is 10.2 Å². The van der Waals surface area contributed by atoms with Crippen molar-refractivity contribution in [3.8, 4) is 0 Å². The van der Waals surface area contributed by atoms with Crippen LogP contribution in [0.5, 0.6) is 0 Å². The van der Waals surface area contributed by atoms with Gasteiger partial charge in [0, 0.05) is 19.1 Å². The second kappa shape index (κ2) is 6.75. The first-order chi connectivity index (χ1) is 8.29. The van der Waals surface area contributed by atoms with E-state index in [0.717, 1.165) is 17.9 Å². The van der Waals surface area contributed by atoms with E-state index in [-0.39, 0.29) is 0 Å². The number of hydrogen-bond donors (Lipinski definition) is 1. The summed E-state index contributed by atoms with van der Waals surface area (Å²) >= 11 is 0. The highest BCUT2D eigenvalue weighted by Crippen LogP contribution is 2.29. The standard InChI is InChI=1S/C15H30N2/c1-16-15(14-9-4-3-5-10-14)12-17(2)11-13-7-6-8-13/h13-16H,3-12H2,1-2H3. The molecule has 0 bridgehead atoms. The van der Waals surface area contributed by atoms with Gasteiger partial charge in [0.2, 0.25) is 0 Å². The summed E-state index contributed by atoms with van der Waals surface area (Å²) in [4.78, 5) is 2.57. The molecule has 0 radical (unpaired) electrons. The monoisotopic (exact) mass is 238 g/mol. The van der Waals surface area contributed by atoms with E-state index in [1.54, 1.807) is 0 Å². The SMILES string of the molecule is CNC(CN(C)CC1CCC1)C1CCCCC1. The van der Waals surface area contributed by atoms with E-state index in [2.05, 4.69) is 24.3 Å². The van der Waals surface area contributed by atoms with Crippen molar-refractivity contribution in [2.24, 2.45) is 11.8 Å². The summed E-state index contributed by atoms with van der Waals surface area (Å²) in [7, 11) is 4.46. The van der Waals surface area contributed by atoms with Crippen molar-refractivity contribution in [2.45, 2.75) is 57.4 Å². The second-order valence-corrected chi connectivity index (χ2v) is 6.31. The van der Waals surface area contributed by atoms with Crippen LogP contribution in [0.2, 0.25) is 0 Å². The molecule has 0 amide bonds. The van der Waals surface area contributed by atoms with E-state index in [4.69, 9.17) is 0 Å². The zero-order valence-electron chi connectivity index (χ0n) is 11.8. The van der Waals surface area contributed by atoms with Crippen molar-refractivity contribution in [2.75, 3.05) is 27.2 Å². The lowest BCUT2D eigenvalue weighted by Gasteiger charge is -2.35. The quantitative estimate of drug-likeness (QED) is 0.765. The Morgan fingerprint density at radius 1 is 1.06 bits per heavy atom. The fourth-order valence-electron chi connectivity index (χ4n) is 3.54. The maximum absolute atomic E-state index is 3.57. The molecule has 17 heavy (non-hydrogen) atoms. The lowest BCUT2D eigenvalue weighted by molar-refractivity contribution is 0.165. The van der Waals surface area contributed by atoms with Gasteiger partial charge in [-0.3, -0.25) is 0 Å². The molecular formula is C15H30N2. The van der Waals surface area contributed by atoms with Crippen LogP contribution in [-0.4, -0.2) is 38.1 Å². The minimum absolute atomic E-state index is 0.723. The molecule has 0 spiro atoms. The highest BCUT2D eigenvalue weighted by atomic mass is 15.1. The van der Waals surface area contributed by atoms with E-state index in [0.29, 0.717) is 0 Å². The molecule has 1 unspecified atom stereocenters. The van der Waals surface area contributed by atoms with Gasteiger partial charge >= 0.3 is 0 Å². The summed E-state index contributed by atoms with van der Waals surface area (Å²) in [6.07, 6.45) is 11.7. The van der Waals surface area contributed by atoms with Crippen molar-refractivity contribution in [1.82, 2.24) is 10.2 Å². The van der Waals surface area contributed by atoms with Crippen LogP contribution in [0.3, 0.4) is 0 Å². The van der Waals surface area contributed by atoms with Gasteiger partial charge in [0.25, 0.3) is 0 Å². The maximum Gasteiger partial charge on any atom is 0.0220 e. The average molecular weight is 238 g/mol. The minimum Gasteiger partial charge on any atom is -0.315 e. The number of nitrogens with zero attached hydrogens (tertiary/aromatic N) is 1. The van der Waals surface area contributed by atoms with Gasteiger partial charge in [0.1, 0.15) is 0 Å². The smallest absolute Gasteiger partial charge is 0.0220 e. The van der Waals surface area contributed by atoms with Gasteiger partial charge in [-0.05, 0) is 51.6 Å². The van der Waals surface area contributed by atoms with Crippen LogP contribution >= 0.6 is 0 Å². The lowest BCUT2D eigenvalue weighted by atomic mass is 9.83. The van der Waals surface area contributed by atoms with Crippen molar-refractivity contribution < 1.29 is 0 Å². The molecule has 2 fully saturated rings. The molecule has 100 valence electrons. The van der Waals surface area contributed by atoms with Gasteiger partial charge in [-0.25, -0.2) is 0 Å². The van der Waals surface area contributed by atoms with Gasteiger partial charge in [0.15, 0.2) is 0 Å². The van der Waals surface area contributed by atoms with Crippen LogP contribution in [0.4, 0.5) is 0 Å². The molecule has 0 heterocycles. The first kappa shape index (κ1) is 13.4.